The molecule has 0 aliphatic rings. The number of thioether (sulfide) groups is 1. The van der Waals surface area contributed by atoms with Crippen molar-refractivity contribution in [2.75, 3.05) is 10.6 Å². The van der Waals surface area contributed by atoms with Crippen LogP contribution in [-0.2, 0) is 0 Å². The minimum atomic E-state index is -0.272. The number of hydrogen-bond donors (Lipinski definition) is 2. The molecule has 1 aromatic heterocycles. The molecular weight excluding hydrogens is 394 g/mol. The Balaban J connectivity index is 1.69. The number of pyridine rings is 1. The van der Waals surface area contributed by atoms with Crippen LogP contribution >= 0.6 is 11.8 Å². The Kier molecular flexibility index (Phi) is 7.25. The molecule has 3 rings (SSSR count). The van der Waals surface area contributed by atoms with Crippen molar-refractivity contribution in [1.29, 1.82) is 0 Å². The van der Waals surface area contributed by atoms with Crippen molar-refractivity contribution in [3.63, 3.8) is 0 Å². The summed E-state index contributed by atoms with van der Waals surface area (Å²) in [5.41, 5.74) is 3.26. The highest BCUT2D eigenvalue weighted by Crippen LogP contribution is 2.28. The number of carbonyl (C=O) groups excluding carboxylic acids is 2. The number of benzene rings is 2. The van der Waals surface area contributed by atoms with Gasteiger partial charge in [-0.25, -0.2) is 0 Å². The number of carbonyl (C=O) groups is 2. The van der Waals surface area contributed by atoms with Crippen LogP contribution in [0.3, 0.4) is 0 Å². The van der Waals surface area contributed by atoms with Gasteiger partial charge in [-0.2, -0.15) is 0 Å². The monoisotopic (exact) mass is 419 g/mol. The molecule has 3 aromatic rings. The zero-order valence-electron chi connectivity index (χ0n) is 17.3. The maximum Gasteiger partial charge on any atom is 0.257 e. The molecular formula is C24H25N3O2S. The Labute approximate surface area is 181 Å². The van der Waals surface area contributed by atoms with E-state index >= 15 is 0 Å². The van der Waals surface area contributed by atoms with Gasteiger partial charge in [0, 0.05) is 39.5 Å². The molecule has 2 N–H and O–H groups in total. The van der Waals surface area contributed by atoms with E-state index < -0.39 is 0 Å². The Hall–Kier alpha value is -3.12. The molecule has 2 amide bonds. The average Bonchev–Trinajstić information content (AvgIpc) is 2.76. The van der Waals surface area contributed by atoms with Crippen LogP contribution in [0.2, 0.25) is 0 Å². The van der Waals surface area contributed by atoms with Crippen LogP contribution in [0.1, 0.15) is 46.5 Å². The average molecular weight is 420 g/mol. The Bertz CT molecular complexity index is 1040. The van der Waals surface area contributed by atoms with Crippen LogP contribution in [0.15, 0.2) is 71.9 Å². The Morgan fingerprint density at radius 2 is 1.77 bits per heavy atom. The van der Waals surface area contributed by atoms with Crippen molar-refractivity contribution in [3.05, 3.63) is 83.7 Å². The predicted molar refractivity (Wildman–Crippen MR) is 123 cm³/mol. The first-order valence-corrected chi connectivity index (χ1v) is 10.7. The first-order chi connectivity index (χ1) is 14.5. The highest BCUT2D eigenvalue weighted by molar-refractivity contribution is 7.99. The molecule has 6 heteroatoms. The highest BCUT2D eigenvalue weighted by Gasteiger charge is 2.11. The summed E-state index contributed by atoms with van der Waals surface area (Å²) in [5, 5.41) is 6.31. The fraction of sp³-hybridized carbons (Fsp3) is 0.208. The van der Waals surface area contributed by atoms with Crippen LogP contribution in [0.5, 0.6) is 0 Å². The van der Waals surface area contributed by atoms with Gasteiger partial charge in [0.25, 0.3) is 11.8 Å². The third kappa shape index (κ3) is 5.70. The largest absolute Gasteiger partial charge is 0.322 e. The summed E-state index contributed by atoms with van der Waals surface area (Å²) in [6, 6.07) is 16.3. The number of aromatic nitrogens is 1. The smallest absolute Gasteiger partial charge is 0.257 e. The SMILES string of the molecule is CCC(C)Sc1ccc(NC(=O)c2cccc(NC(=O)c3cccnc3)c2)c(C)c1. The van der Waals surface area contributed by atoms with Gasteiger partial charge in [-0.05, 0) is 67.4 Å². The molecule has 1 heterocycles. The lowest BCUT2D eigenvalue weighted by Crippen LogP contribution is -2.15. The predicted octanol–water partition coefficient (Wildman–Crippen LogP) is 5.79. The number of nitrogens with one attached hydrogen (secondary N) is 2. The van der Waals surface area contributed by atoms with Gasteiger partial charge in [0.2, 0.25) is 0 Å². The number of amides is 2. The number of nitrogens with zero attached hydrogens (tertiary/aromatic N) is 1. The van der Waals surface area contributed by atoms with Gasteiger partial charge in [-0.15, -0.1) is 11.8 Å². The first kappa shape index (κ1) is 21.6. The van der Waals surface area contributed by atoms with Gasteiger partial charge in [0.1, 0.15) is 0 Å². The fourth-order valence-corrected chi connectivity index (χ4v) is 3.82. The van der Waals surface area contributed by atoms with Crippen molar-refractivity contribution >= 4 is 35.0 Å². The van der Waals surface area contributed by atoms with Crippen molar-refractivity contribution in [2.24, 2.45) is 0 Å². The fourth-order valence-electron chi connectivity index (χ4n) is 2.80. The second-order valence-corrected chi connectivity index (χ2v) is 8.56. The summed E-state index contributed by atoms with van der Waals surface area (Å²) in [6.07, 6.45) is 4.22. The van der Waals surface area contributed by atoms with Gasteiger partial charge in [0.15, 0.2) is 0 Å². The lowest BCUT2D eigenvalue weighted by atomic mass is 10.1. The minimum Gasteiger partial charge on any atom is -0.322 e. The van der Waals surface area contributed by atoms with Gasteiger partial charge in [-0.1, -0.05) is 19.9 Å². The number of hydrogen-bond acceptors (Lipinski definition) is 4. The van der Waals surface area contributed by atoms with Crippen LogP contribution in [0.4, 0.5) is 11.4 Å². The molecule has 0 radical (unpaired) electrons. The molecule has 0 aliphatic carbocycles. The number of rotatable bonds is 7. The molecule has 5 nitrogen and oxygen atoms in total. The molecule has 0 bridgehead atoms. The van der Waals surface area contributed by atoms with Crippen LogP contribution in [0.25, 0.3) is 0 Å². The van der Waals surface area contributed by atoms with E-state index in [4.69, 9.17) is 0 Å². The van der Waals surface area contributed by atoms with Crippen molar-refractivity contribution < 1.29 is 9.59 Å². The molecule has 1 unspecified atom stereocenters. The molecule has 0 saturated heterocycles. The van der Waals surface area contributed by atoms with Crippen LogP contribution in [-0.4, -0.2) is 22.0 Å². The van der Waals surface area contributed by atoms with E-state index in [0.717, 1.165) is 17.7 Å². The summed E-state index contributed by atoms with van der Waals surface area (Å²) >= 11 is 1.83. The molecule has 30 heavy (non-hydrogen) atoms. The quantitative estimate of drug-likeness (QED) is 0.476. The van der Waals surface area contributed by atoms with Crippen LogP contribution < -0.4 is 10.6 Å². The standard InChI is InChI=1S/C24H25N3O2S/c1-4-17(3)30-21-10-11-22(16(2)13-21)27-23(28)18-7-5-9-20(14-18)26-24(29)19-8-6-12-25-15-19/h5-15,17H,4H2,1-3H3,(H,26,29)(H,27,28). The van der Waals surface area contributed by atoms with Gasteiger partial charge < -0.3 is 10.6 Å². The van der Waals surface area contributed by atoms with Crippen LogP contribution in [0, 0.1) is 6.92 Å². The highest BCUT2D eigenvalue weighted by atomic mass is 32.2. The maximum atomic E-state index is 12.7. The van der Waals surface area contributed by atoms with Gasteiger partial charge in [-0.3, -0.25) is 14.6 Å². The second-order valence-electron chi connectivity index (χ2n) is 7.04. The summed E-state index contributed by atoms with van der Waals surface area (Å²) < 4.78 is 0. The number of aryl methyl sites for hydroxylation is 1. The van der Waals surface area contributed by atoms with Gasteiger partial charge >= 0.3 is 0 Å². The van der Waals surface area contributed by atoms with Gasteiger partial charge in [0.05, 0.1) is 5.56 Å². The van der Waals surface area contributed by atoms with E-state index in [0.29, 0.717) is 22.1 Å². The zero-order valence-corrected chi connectivity index (χ0v) is 18.1. The molecule has 0 spiro atoms. The molecule has 2 aromatic carbocycles. The van der Waals surface area contributed by atoms with E-state index in [1.807, 2.05) is 30.8 Å². The van der Waals surface area contributed by atoms with Crippen molar-refractivity contribution in [1.82, 2.24) is 4.98 Å². The van der Waals surface area contributed by atoms with E-state index in [-0.39, 0.29) is 11.8 Å². The number of anilines is 2. The summed E-state index contributed by atoms with van der Waals surface area (Å²) in [4.78, 5) is 30.2. The lowest BCUT2D eigenvalue weighted by molar-refractivity contribution is 0.101. The zero-order chi connectivity index (χ0) is 21.5. The summed E-state index contributed by atoms with van der Waals surface area (Å²) in [6.45, 7) is 6.36. The molecule has 1 atom stereocenters. The topological polar surface area (TPSA) is 71.1 Å². The second kappa shape index (κ2) is 10.1. The normalized spacial score (nSPS) is 11.6. The maximum absolute atomic E-state index is 12.7. The molecule has 154 valence electrons. The third-order valence-electron chi connectivity index (χ3n) is 4.66. The van der Waals surface area contributed by atoms with Crippen molar-refractivity contribution in [3.8, 4) is 0 Å². The van der Waals surface area contributed by atoms with E-state index in [1.165, 1.54) is 11.1 Å². The van der Waals surface area contributed by atoms with E-state index in [9.17, 15) is 9.59 Å². The molecule has 0 saturated carbocycles. The molecule has 0 fully saturated rings. The van der Waals surface area contributed by atoms with E-state index in [2.05, 4.69) is 35.5 Å². The van der Waals surface area contributed by atoms with Crippen molar-refractivity contribution in [2.45, 2.75) is 37.3 Å². The third-order valence-corrected chi connectivity index (χ3v) is 5.93. The first-order valence-electron chi connectivity index (χ1n) is 9.86. The van der Waals surface area contributed by atoms with E-state index in [1.54, 1.807) is 42.6 Å². The molecule has 0 aliphatic heterocycles. The summed E-state index contributed by atoms with van der Waals surface area (Å²) in [5.74, 6) is -0.496. The minimum absolute atomic E-state index is 0.224. The lowest BCUT2D eigenvalue weighted by Gasteiger charge is -2.13. The Morgan fingerprint density at radius 1 is 1.00 bits per heavy atom. The Morgan fingerprint density at radius 3 is 2.47 bits per heavy atom. The summed E-state index contributed by atoms with van der Waals surface area (Å²) in [7, 11) is 0.